The van der Waals surface area contributed by atoms with Crippen LogP contribution in [0.1, 0.15) is 37.7 Å². The molecule has 2 bridgehead atoms. The second-order valence-electron chi connectivity index (χ2n) is 16.4. The van der Waals surface area contributed by atoms with E-state index in [1.165, 1.54) is 30.6 Å². The molecule has 3 aliphatic heterocycles. The highest BCUT2D eigenvalue weighted by molar-refractivity contribution is 6.04. The van der Waals surface area contributed by atoms with E-state index in [4.69, 9.17) is 15.9 Å². The average Bonchev–Trinajstić information content (AvgIpc) is 4.07. The standard InChI is InChI=1S/C40H35F9N6O5/c1-3-25-27(41)7-4-19-11-24(56)12-26(28(19)25)31-30(42)32-29(34(50-31)58-2)33(52-36(51-32)59-18-37(8-9-37)17-53-13-20-10-21(20)14-53)54-15-22-5-6-23(16-54)55(22)35(57)38(43,44)39(45,46)60-40(47,48)49/h1,4,7,11-12,20-23,56H,5-6,8-10,13-18H2,2H3. The number of halogens is 9. The minimum atomic E-state index is -6.22. The summed E-state index contributed by atoms with van der Waals surface area (Å²) < 4.78 is 143. The first-order valence-electron chi connectivity index (χ1n) is 19.1. The van der Waals surface area contributed by atoms with Gasteiger partial charge in [0.25, 0.3) is 0 Å². The van der Waals surface area contributed by atoms with E-state index in [1.54, 1.807) is 0 Å². The molecule has 2 aliphatic carbocycles. The van der Waals surface area contributed by atoms with Crippen LogP contribution in [0.15, 0.2) is 24.3 Å². The highest BCUT2D eigenvalue weighted by Crippen LogP contribution is 2.52. The summed E-state index contributed by atoms with van der Waals surface area (Å²) in [6.45, 7) is 2.17. The molecule has 2 saturated carbocycles. The number of piperazine rings is 1. The molecular formula is C40H35F9N6O5. The number of terminal acetylenes is 1. The molecule has 5 fully saturated rings. The van der Waals surface area contributed by atoms with Crippen molar-refractivity contribution in [3.05, 3.63) is 41.5 Å². The lowest BCUT2D eigenvalue weighted by Gasteiger charge is -2.43. The lowest BCUT2D eigenvalue weighted by atomic mass is 9.95. The number of alkyl halides is 7. The van der Waals surface area contributed by atoms with Crippen LogP contribution >= 0.6 is 0 Å². The third-order valence-electron chi connectivity index (χ3n) is 12.3. The van der Waals surface area contributed by atoms with Crippen molar-refractivity contribution in [1.82, 2.24) is 24.8 Å². The number of ether oxygens (including phenoxy) is 3. The average molecular weight is 851 g/mol. The second kappa shape index (κ2) is 13.9. The van der Waals surface area contributed by atoms with Gasteiger partial charge >= 0.3 is 30.3 Å². The van der Waals surface area contributed by atoms with Gasteiger partial charge < -0.3 is 29.3 Å². The van der Waals surface area contributed by atoms with E-state index in [2.05, 4.69) is 30.5 Å². The van der Waals surface area contributed by atoms with Crippen LogP contribution in [-0.4, -0.2) is 113 Å². The molecule has 0 radical (unpaired) electrons. The van der Waals surface area contributed by atoms with Gasteiger partial charge in [-0.1, -0.05) is 12.0 Å². The zero-order valence-corrected chi connectivity index (χ0v) is 31.6. The molecule has 1 N–H and O–H groups in total. The summed E-state index contributed by atoms with van der Waals surface area (Å²) in [6, 6.07) is 2.11. The monoisotopic (exact) mass is 850 g/mol. The quantitative estimate of drug-likeness (QED) is 0.127. The van der Waals surface area contributed by atoms with Crippen molar-refractivity contribution in [2.45, 2.75) is 62.6 Å². The van der Waals surface area contributed by atoms with Crippen molar-refractivity contribution < 1.29 is 63.6 Å². The number of hydrogen-bond donors (Lipinski definition) is 1. The third kappa shape index (κ3) is 6.82. The largest absolute Gasteiger partial charge is 0.527 e. The Morgan fingerprint density at radius 3 is 2.27 bits per heavy atom. The molecular weight excluding hydrogens is 815 g/mol. The maximum atomic E-state index is 17.3. The van der Waals surface area contributed by atoms with Crippen molar-refractivity contribution in [2.24, 2.45) is 17.3 Å². The Balaban J connectivity index is 1.12. The highest BCUT2D eigenvalue weighted by atomic mass is 19.4. The van der Waals surface area contributed by atoms with Crippen LogP contribution in [0, 0.1) is 41.2 Å². The van der Waals surface area contributed by atoms with E-state index >= 15 is 8.78 Å². The molecule has 4 atom stereocenters. The van der Waals surface area contributed by atoms with E-state index in [9.17, 15) is 40.6 Å². The zero-order chi connectivity index (χ0) is 42.7. The summed E-state index contributed by atoms with van der Waals surface area (Å²) in [5.41, 5.74) is -1.45. The predicted octanol–water partition coefficient (Wildman–Crippen LogP) is 6.87. The molecule has 5 aliphatic rings. The molecule has 318 valence electrons. The van der Waals surface area contributed by atoms with E-state index in [0.29, 0.717) is 16.7 Å². The van der Waals surface area contributed by atoms with Gasteiger partial charge in [-0.05, 0) is 67.5 Å². The molecule has 1 amide bonds. The Labute approximate surface area is 335 Å². The lowest BCUT2D eigenvalue weighted by Crippen LogP contribution is -2.63. The van der Waals surface area contributed by atoms with E-state index in [0.717, 1.165) is 44.6 Å². The fourth-order valence-electron chi connectivity index (χ4n) is 9.22. The number of benzene rings is 2. The Bertz CT molecular complexity index is 2450. The van der Waals surface area contributed by atoms with Crippen LogP contribution in [-0.2, 0) is 9.53 Å². The van der Waals surface area contributed by atoms with Gasteiger partial charge in [0.15, 0.2) is 5.82 Å². The second-order valence-corrected chi connectivity index (χ2v) is 16.4. The summed E-state index contributed by atoms with van der Waals surface area (Å²) in [5, 5.41) is 10.8. The van der Waals surface area contributed by atoms with Gasteiger partial charge in [-0.2, -0.15) is 27.5 Å². The zero-order valence-electron chi connectivity index (χ0n) is 31.6. The Kier molecular flexibility index (Phi) is 9.28. The van der Waals surface area contributed by atoms with Crippen LogP contribution in [0.4, 0.5) is 45.3 Å². The van der Waals surface area contributed by atoms with E-state index < -0.39 is 59.2 Å². The minimum absolute atomic E-state index is 0.00562. The maximum Gasteiger partial charge on any atom is 0.527 e. The number of aromatic hydroxyl groups is 1. The maximum absolute atomic E-state index is 17.3. The molecule has 3 saturated heterocycles. The molecule has 2 aromatic carbocycles. The number of rotatable bonds is 11. The first kappa shape index (κ1) is 40.1. The summed E-state index contributed by atoms with van der Waals surface area (Å²) in [4.78, 5) is 30.8. The first-order valence-corrected chi connectivity index (χ1v) is 19.1. The number of phenolic OH excluding ortho intramolecular Hbond substituents is 1. The first-order chi connectivity index (χ1) is 28.3. The number of piperidine rings is 1. The SMILES string of the molecule is C#Cc1c(F)ccc2cc(O)cc(-c3nc(OC)c4c(N5CC6CCC(C5)N6C(=O)C(F)(F)C(F)(F)OC(F)(F)F)nc(OCC5(CN6CC7CC7C6)CC5)nc4c3F)c12. The molecule has 4 unspecified atom stereocenters. The Morgan fingerprint density at radius 1 is 0.967 bits per heavy atom. The van der Waals surface area contributed by atoms with Crippen LogP contribution in [0.2, 0.25) is 0 Å². The third-order valence-corrected chi connectivity index (χ3v) is 12.3. The fraction of sp³-hybridized carbons (Fsp3) is 0.500. The molecule has 11 nitrogen and oxygen atoms in total. The number of aromatic nitrogens is 3. The summed E-state index contributed by atoms with van der Waals surface area (Å²) in [7, 11) is 1.20. The van der Waals surface area contributed by atoms with Crippen LogP contribution < -0.4 is 14.4 Å². The van der Waals surface area contributed by atoms with Crippen molar-refractivity contribution in [2.75, 3.05) is 51.3 Å². The summed E-state index contributed by atoms with van der Waals surface area (Å²) in [5.74, 6) is -7.39. The molecule has 20 heteroatoms. The molecule has 60 heavy (non-hydrogen) atoms. The number of likely N-dealkylation sites (tertiary alicyclic amines) is 1. The highest BCUT2D eigenvalue weighted by Gasteiger charge is 2.70. The molecule has 9 rings (SSSR count). The minimum Gasteiger partial charge on any atom is -0.508 e. The van der Waals surface area contributed by atoms with Crippen LogP contribution in [0.25, 0.3) is 32.9 Å². The number of pyridine rings is 1. The van der Waals surface area contributed by atoms with E-state index in [-0.39, 0.29) is 88.7 Å². The summed E-state index contributed by atoms with van der Waals surface area (Å²) in [6.07, 6.45) is -3.80. The summed E-state index contributed by atoms with van der Waals surface area (Å²) >= 11 is 0. The molecule has 4 aromatic rings. The number of methoxy groups -OCH3 is 1. The molecule has 0 spiro atoms. The van der Waals surface area contributed by atoms with Gasteiger partial charge in [0.05, 0.1) is 19.3 Å². The smallest absolute Gasteiger partial charge is 0.508 e. The van der Waals surface area contributed by atoms with Gasteiger partial charge in [-0.25, -0.2) is 18.5 Å². The number of carbonyl (C=O) groups excluding carboxylic acids is 1. The van der Waals surface area contributed by atoms with Gasteiger partial charge in [-0.3, -0.25) is 4.79 Å². The fourth-order valence-corrected chi connectivity index (χ4v) is 9.22. The van der Waals surface area contributed by atoms with Crippen molar-refractivity contribution in [3.8, 4) is 41.2 Å². The Hall–Kier alpha value is -5.29. The lowest BCUT2D eigenvalue weighted by molar-refractivity contribution is -0.458. The normalized spacial score (nSPS) is 23.6. The van der Waals surface area contributed by atoms with Gasteiger partial charge in [-0.15, -0.1) is 19.6 Å². The van der Waals surface area contributed by atoms with E-state index in [1.807, 2.05) is 0 Å². The topological polar surface area (TPSA) is 113 Å². The number of nitrogens with zero attached hydrogens (tertiary/aromatic N) is 6. The number of fused-ring (bicyclic) bond motifs is 5. The van der Waals surface area contributed by atoms with Gasteiger partial charge in [0.1, 0.15) is 34.0 Å². The van der Waals surface area contributed by atoms with Crippen molar-refractivity contribution >= 4 is 33.4 Å². The van der Waals surface area contributed by atoms with Crippen molar-refractivity contribution in [3.63, 3.8) is 0 Å². The van der Waals surface area contributed by atoms with Gasteiger partial charge in [0.2, 0.25) is 5.88 Å². The van der Waals surface area contributed by atoms with Crippen LogP contribution in [0.3, 0.4) is 0 Å². The number of hydrogen-bond acceptors (Lipinski definition) is 10. The number of carbonyl (C=O) groups is 1. The van der Waals surface area contributed by atoms with Crippen LogP contribution in [0.5, 0.6) is 17.6 Å². The number of anilines is 1. The Morgan fingerprint density at radius 2 is 1.65 bits per heavy atom. The van der Waals surface area contributed by atoms with Gasteiger partial charge in [0, 0.05) is 61.2 Å². The molecule has 5 heterocycles. The number of phenols is 1. The predicted molar refractivity (Wildman–Crippen MR) is 194 cm³/mol. The number of amides is 1. The molecule has 2 aromatic heterocycles. The van der Waals surface area contributed by atoms with Crippen molar-refractivity contribution in [1.29, 1.82) is 0 Å².